The van der Waals surface area contributed by atoms with Gasteiger partial charge >= 0.3 is 5.97 Å². The van der Waals surface area contributed by atoms with Crippen LogP contribution in [0.3, 0.4) is 0 Å². The Bertz CT molecular complexity index is 236. The summed E-state index contributed by atoms with van der Waals surface area (Å²) >= 11 is 0. The third-order valence-electron chi connectivity index (χ3n) is 3.15. The molecule has 1 unspecified atom stereocenters. The third-order valence-corrected chi connectivity index (χ3v) is 3.15. The molecule has 94 valence electrons. The van der Waals surface area contributed by atoms with E-state index in [0.717, 1.165) is 32.8 Å². The Morgan fingerprint density at radius 3 is 2.50 bits per heavy atom. The standard InChI is InChI=1S/C11H21NO4/c1-11(2,9(13)10(14)15)3-4-12-5-7-16-8-6-12/h9,13H,3-8H2,1-2H3,(H,14,15). The van der Waals surface area contributed by atoms with Gasteiger partial charge in [-0.3, -0.25) is 4.90 Å². The number of ether oxygens (including phenoxy) is 1. The number of aliphatic hydroxyl groups excluding tert-OH is 1. The number of hydrogen-bond donors (Lipinski definition) is 2. The largest absolute Gasteiger partial charge is 0.479 e. The lowest BCUT2D eigenvalue weighted by Gasteiger charge is -2.32. The van der Waals surface area contributed by atoms with Crippen LogP contribution in [0.5, 0.6) is 0 Å². The van der Waals surface area contributed by atoms with Crippen LogP contribution in [0.1, 0.15) is 20.3 Å². The summed E-state index contributed by atoms with van der Waals surface area (Å²) < 4.78 is 5.23. The molecule has 0 aromatic rings. The lowest BCUT2D eigenvalue weighted by Crippen LogP contribution is -2.42. The quantitative estimate of drug-likeness (QED) is 0.706. The molecule has 0 radical (unpaired) electrons. The molecule has 0 aromatic heterocycles. The summed E-state index contributed by atoms with van der Waals surface area (Å²) in [5.41, 5.74) is -0.593. The van der Waals surface area contributed by atoms with Gasteiger partial charge in [-0.25, -0.2) is 4.79 Å². The van der Waals surface area contributed by atoms with E-state index in [-0.39, 0.29) is 0 Å². The highest BCUT2D eigenvalue weighted by molar-refractivity contribution is 5.72. The second-order valence-corrected chi connectivity index (χ2v) is 4.93. The van der Waals surface area contributed by atoms with Gasteiger partial charge in [0, 0.05) is 18.5 Å². The molecule has 0 amide bonds. The maximum atomic E-state index is 10.7. The van der Waals surface area contributed by atoms with Crippen molar-refractivity contribution in [3.63, 3.8) is 0 Å². The molecule has 2 N–H and O–H groups in total. The van der Waals surface area contributed by atoms with Crippen LogP contribution in [0.2, 0.25) is 0 Å². The predicted octanol–water partition coefficient (Wildman–Crippen LogP) is 0.180. The van der Waals surface area contributed by atoms with E-state index >= 15 is 0 Å². The van der Waals surface area contributed by atoms with Gasteiger partial charge in [0.2, 0.25) is 0 Å². The summed E-state index contributed by atoms with van der Waals surface area (Å²) in [6.45, 7) is 7.63. The molecular weight excluding hydrogens is 210 g/mol. The highest BCUT2D eigenvalue weighted by atomic mass is 16.5. The molecule has 1 aliphatic heterocycles. The lowest BCUT2D eigenvalue weighted by molar-refractivity contribution is -0.153. The first-order valence-corrected chi connectivity index (χ1v) is 5.64. The van der Waals surface area contributed by atoms with Crippen LogP contribution >= 0.6 is 0 Å². The van der Waals surface area contributed by atoms with E-state index in [1.54, 1.807) is 13.8 Å². The zero-order valence-corrected chi connectivity index (χ0v) is 9.98. The number of nitrogens with zero attached hydrogens (tertiary/aromatic N) is 1. The van der Waals surface area contributed by atoms with Crippen molar-refractivity contribution in [1.82, 2.24) is 4.90 Å². The highest BCUT2D eigenvalue weighted by Gasteiger charge is 2.33. The summed E-state index contributed by atoms with van der Waals surface area (Å²) in [6.07, 6.45) is -0.631. The minimum Gasteiger partial charge on any atom is -0.479 e. The number of rotatable bonds is 5. The monoisotopic (exact) mass is 231 g/mol. The third kappa shape index (κ3) is 3.73. The molecule has 1 fully saturated rings. The van der Waals surface area contributed by atoms with Crippen LogP contribution in [-0.2, 0) is 9.53 Å². The number of hydrogen-bond acceptors (Lipinski definition) is 4. The number of aliphatic carboxylic acids is 1. The molecule has 0 aromatic carbocycles. The number of carboxylic acid groups (broad SMARTS) is 1. The topological polar surface area (TPSA) is 70.0 Å². The minimum atomic E-state index is -1.30. The van der Waals surface area contributed by atoms with Crippen molar-refractivity contribution in [2.24, 2.45) is 5.41 Å². The Morgan fingerprint density at radius 1 is 1.44 bits per heavy atom. The van der Waals surface area contributed by atoms with E-state index in [1.807, 2.05) is 0 Å². The number of morpholine rings is 1. The Hall–Kier alpha value is -0.650. The molecule has 0 spiro atoms. The Kier molecular flexibility index (Phi) is 4.70. The Balaban J connectivity index is 2.37. The van der Waals surface area contributed by atoms with Crippen LogP contribution < -0.4 is 0 Å². The first kappa shape index (κ1) is 13.4. The van der Waals surface area contributed by atoms with Crippen LogP contribution in [0.25, 0.3) is 0 Å². The molecule has 1 saturated heterocycles. The average molecular weight is 231 g/mol. The fourth-order valence-corrected chi connectivity index (χ4v) is 1.74. The van der Waals surface area contributed by atoms with E-state index in [1.165, 1.54) is 0 Å². The molecule has 1 heterocycles. The maximum Gasteiger partial charge on any atom is 0.333 e. The van der Waals surface area contributed by atoms with Crippen molar-refractivity contribution >= 4 is 5.97 Å². The molecular formula is C11H21NO4. The van der Waals surface area contributed by atoms with Crippen molar-refractivity contribution in [2.45, 2.75) is 26.4 Å². The first-order chi connectivity index (χ1) is 7.43. The zero-order valence-electron chi connectivity index (χ0n) is 9.98. The van der Waals surface area contributed by atoms with Gasteiger partial charge in [0.25, 0.3) is 0 Å². The van der Waals surface area contributed by atoms with Gasteiger partial charge < -0.3 is 14.9 Å². The van der Waals surface area contributed by atoms with Crippen LogP contribution in [0, 0.1) is 5.41 Å². The van der Waals surface area contributed by atoms with Gasteiger partial charge in [0.1, 0.15) is 0 Å². The van der Waals surface area contributed by atoms with Crippen molar-refractivity contribution in [3.05, 3.63) is 0 Å². The van der Waals surface area contributed by atoms with Crippen LogP contribution in [-0.4, -0.2) is 60.0 Å². The van der Waals surface area contributed by atoms with Crippen molar-refractivity contribution in [1.29, 1.82) is 0 Å². The molecule has 1 atom stereocenters. The highest BCUT2D eigenvalue weighted by Crippen LogP contribution is 2.26. The molecule has 1 aliphatic rings. The molecule has 0 saturated carbocycles. The minimum absolute atomic E-state index is 0.593. The summed E-state index contributed by atoms with van der Waals surface area (Å²) in [7, 11) is 0. The van der Waals surface area contributed by atoms with Gasteiger partial charge in [-0.2, -0.15) is 0 Å². The molecule has 1 rings (SSSR count). The molecule has 0 aliphatic carbocycles. The number of carboxylic acids is 1. The average Bonchev–Trinajstić information content (AvgIpc) is 2.27. The van der Waals surface area contributed by atoms with Gasteiger partial charge in [0.05, 0.1) is 13.2 Å². The molecule has 16 heavy (non-hydrogen) atoms. The summed E-state index contributed by atoms with van der Waals surface area (Å²) in [5.74, 6) is -1.15. The predicted molar refractivity (Wildman–Crippen MR) is 59.3 cm³/mol. The molecule has 0 bridgehead atoms. The van der Waals surface area contributed by atoms with Crippen molar-refractivity contribution in [2.75, 3.05) is 32.8 Å². The number of carbonyl (C=O) groups is 1. The number of aliphatic hydroxyl groups is 1. The normalized spacial score (nSPS) is 20.7. The van der Waals surface area contributed by atoms with E-state index in [2.05, 4.69) is 4.90 Å². The van der Waals surface area contributed by atoms with Crippen LogP contribution in [0.4, 0.5) is 0 Å². The van der Waals surface area contributed by atoms with Crippen LogP contribution in [0.15, 0.2) is 0 Å². The van der Waals surface area contributed by atoms with E-state index in [0.29, 0.717) is 6.42 Å². The van der Waals surface area contributed by atoms with Gasteiger partial charge in [-0.15, -0.1) is 0 Å². The van der Waals surface area contributed by atoms with E-state index < -0.39 is 17.5 Å². The van der Waals surface area contributed by atoms with Gasteiger partial charge in [-0.1, -0.05) is 13.8 Å². The summed E-state index contributed by atoms with van der Waals surface area (Å²) in [6, 6.07) is 0. The fraction of sp³-hybridized carbons (Fsp3) is 0.909. The molecule has 5 heteroatoms. The molecule has 5 nitrogen and oxygen atoms in total. The second-order valence-electron chi connectivity index (χ2n) is 4.93. The smallest absolute Gasteiger partial charge is 0.333 e. The SMILES string of the molecule is CC(C)(CCN1CCOCC1)C(O)C(=O)O. The summed E-state index contributed by atoms with van der Waals surface area (Å²) in [4.78, 5) is 12.9. The first-order valence-electron chi connectivity index (χ1n) is 5.64. The van der Waals surface area contributed by atoms with Crippen molar-refractivity contribution < 1.29 is 19.7 Å². The van der Waals surface area contributed by atoms with E-state index in [9.17, 15) is 9.90 Å². The second kappa shape index (κ2) is 5.61. The van der Waals surface area contributed by atoms with Gasteiger partial charge in [-0.05, 0) is 13.0 Å². The summed E-state index contributed by atoms with van der Waals surface area (Å²) in [5, 5.41) is 18.3. The van der Waals surface area contributed by atoms with Crippen molar-refractivity contribution in [3.8, 4) is 0 Å². The van der Waals surface area contributed by atoms with Gasteiger partial charge in [0.15, 0.2) is 6.10 Å². The lowest BCUT2D eigenvalue weighted by atomic mass is 9.83. The maximum absolute atomic E-state index is 10.7. The zero-order chi connectivity index (χ0) is 12.2. The fourth-order valence-electron chi connectivity index (χ4n) is 1.74. The van der Waals surface area contributed by atoms with E-state index in [4.69, 9.17) is 9.84 Å². The Morgan fingerprint density at radius 2 is 2.00 bits per heavy atom. The Labute approximate surface area is 96.0 Å².